The molecule has 1 aliphatic rings. The normalized spacial score (nSPS) is 20.2. The van der Waals surface area contributed by atoms with Crippen LogP contribution < -0.4 is 5.73 Å². The van der Waals surface area contributed by atoms with Crippen LogP contribution in [0.25, 0.3) is 0 Å². The molecule has 1 unspecified atom stereocenters. The van der Waals surface area contributed by atoms with E-state index in [4.69, 9.17) is 5.73 Å². The average Bonchev–Trinajstić information content (AvgIpc) is 2.38. The first-order valence-corrected chi connectivity index (χ1v) is 7.91. The van der Waals surface area contributed by atoms with Gasteiger partial charge in [0.2, 0.25) is 0 Å². The Labute approximate surface area is 114 Å². The van der Waals surface area contributed by atoms with E-state index >= 15 is 0 Å². The molecule has 0 aliphatic carbocycles. The SMILES string of the molecule is CCCC(C)CCCN1CCN(CCCN)CC1. The van der Waals surface area contributed by atoms with E-state index in [1.54, 1.807) is 0 Å². The molecule has 1 rings (SSSR count). The fourth-order valence-corrected chi connectivity index (χ4v) is 2.85. The van der Waals surface area contributed by atoms with Gasteiger partial charge in [0.1, 0.15) is 0 Å². The van der Waals surface area contributed by atoms with E-state index in [-0.39, 0.29) is 0 Å². The van der Waals surface area contributed by atoms with Crippen molar-refractivity contribution in [3.05, 3.63) is 0 Å². The molecule has 1 fully saturated rings. The van der Waals surface area contributed by atoms with Gasteiger partial charge in [-0.1, -0.05) is 26.7 Å². The van der Waals surface area contributed by atoms with Crippen LogP contribution in [0.1, 0.15) is 46.0 Å². The Bertz CT molecular complexity index is 188. The zero-order valence-electron chi connectivity index (χ0n) is 12.5. The summed E-state index contributed by atoms with van der Waals surface area (Å²) < 4.78 is 0. The maximum atomic E-state index is 5.55. The van der Waals surface area contributed by atoms with Crippen molar-refractivity contribution in [2.75, 3.05) is 45.8 Å². The van der Waals surface area contributed by atoms with Crippen LogP contribution in [0.15, 0.2) is 0 Å². The van der Waals surface area contributed by atoms with E-state index in [1.165, 1.54) is 65.0 Å². The molecule has 0 radical (unpaired) electrons. The van der Waals surface area contributed by atoms with Crippen LogP contribution in [-0.4, -0.2) is 55.6 Å². The van der Waals surface area contributed by atoms with Crippen LogP contribution >= 0.6 is 0 Å². The molecule has 0 bridgehead atoms. The minimum Gasteiger partial charge on any atom is -0.330 e. The summed E-state index contributed by atoms with van der Waals surface area (Å²) in [4.78, 5) is 5.20. The van der Waals surface area contributed by atoms with Crippen molar-refractivity contribution in [2.45, 2.75) is 46.0 Å². The summed E-state index contributed by atoms with van der Waals surface area (Å²) in [6, 6.07) is 0. The third-order valence-electron chi connectivity index (χ3n) is 4.10. The third-order valence-corrected chi connectivity index (χ3v) is 4.10. The molecule has 1 saturated heterocycles. The second-order valence-electron chi connectivity index (χ2n) is 5.86. The maximum absolute atomic E-state index is 5.55. The Balaban J connectivity index is 2.01. The van der Waals surface area contributed by atoms with Crippen LogP contribution in [0.5, 0.6) is 0 Å². The summed E-state index contributed by atoms with van der Waals surface area (Å²) in [5, 5.41) is 0. The van der Waals surface area contributed by atoms with Crippen LogP contribution in [0.3, 0.4) is 0 Å². The molecular weight excluding hydrogens is 222 g/mol. The first kappa shape index (κ1) is 15.9. The standard InChI is InChI=1S/C15H33N3/c1-3-6-15(2)7-4-9-17-11-13-18(14-12-17)10-5-8-16/h15H,3-14,16H2,1-2H3. The minimum atomic E-state index is 0.829. The lowest BCUT2D eigenvalue weighted by Crippen LogP contribution is -2.47. The first-order valence-electron chi connectivity index (χ1n) is 7.91. The molecule has 108 valence electrons. The smallest absolute Gasteiger partial charge is 0.0110 e. The van der Waals surface area contributed by atoms with Gasteiger partial charge in [-0.15, -0.1) is 0 Å². The van der Waals surface area contributed by atoms with Crippen molar-refractivity contribution in [1.82, 2.24) is 9.80 Å². The van der Waals surface area contributed by atoms with Crippen molar-refractivity contribution >= 4 is 0 Å². The molecule has 0 amide bonds. The van der Waals surface area contributed by atoms with E-state index in [0.717, 1.165) is 18.9 Å². The predicted molar refractivity (Wildman–Crippen MR) is 79.9 cm³/mol. The molecular formula is C15H33N3. The molecule has 1 heterocycles. The van der Waals surface area contributed by atoms with E-state index in [9.17, 15) is 0 Å². The zero-order valence-corrected chi connectivity index (χ0v) is 12.5. The Morgan fingerprint density at radius 1 is 0.944 bits per heavy atom. The second kappa shape index (κ2) is 9.76. The highest BCUT2D eigenvalue weighted by Gasteiger charge is 2.15. The lowest BCUT2D eigenvalue weighted by atomic mass is 10.0. The number of hydrogen-bond donors (Lipinski definition) is 1. The van der Waals surface area contributed by atoms with Gasteiger partial charge in [0.25, 0.3) is 0 Å². The van der Waals surface area contributed by atoms with Crippen LogP contribution in [0.2, 0.25) is 0 Å². The lowest BCUT2D eigenvalue weighted by Gasteiger charge is -2.34. The molecule has 18 heavy (non-hydrogen) atoms. The molecule has 3 nitrogen and oxygen atoms in total. The van der Waals surface area contributed by atoms with E-state index in [1.807, 2.05) is 0 Å². The fraction of sp³-hybridized carbons (Fsp3) is 1.00. The molecule has 3 heteroatoms. The van der Waals surface area contributed by atoms with E-state index < -0.39 is 0 Å². The van der Waals surface area contributed by atoms with E-state index in [0.29, 0.717) is 0 Å². The summed E-state index contributed by atoms with van der Waals surface area (Å²) in [5.41, 5.74) is 5.55. The molecule has 0 saturated carbocycles. The van der Waals surface area contributed by atoms with Crippen LogP contribution in [0, 0.1) is 5.92 Å². The topological polar surface area (TPSA) is 32.5 Å². The highest BCUT2D eigenvalue weighted by Crippen LogP contribution is 2.13. The van der Waals surface area contributed by atoms with Gasteiger partial charge in [0.15, 0.2) is 0 Å². The van der Waals surface area contributed by atoms with Gasteiger partial charge >= 0.3 is 0 Å². The third kappa shape index (κ3) is 6.72. The molecule has 0 aromatic carbocycles. The minimum absolute atomic E-state index is 0.829. The first-order chi connectivity index (χ1) is 8.76. The Morgan fingerprint density at radius 3 is 2.00 bits per heavy atom. The number of hydrogen-bond acceptors (Lipinski definition) is 3. The average molecular weight is 255 g/mol. The number of nitrogens with zero attached hydrogens (tertiary/aromatic N) is 2. The van der Waals surface area contributed by atoms with Crippen molar-refractivity contribution < 1.29 is 0 Å². The molecule has 0 aromatic rings. The van der Waals surface area contributed by atoms with Crippen LogP contribution in [-0.2, 0) is 0 Å². The molecule has 1 atom stereocenters. The van der Waals surface area contributed by atoms with Gasteiger partial charge < -0.3 is 15.5 Å². The zero-order chi connectivity index (χ0) is 13.2. The summed E-state index contributed by atoms with van der Waals surface area (Å²) >= 11 is 0. The van der Waals surface area contributed by atoms with Gasteiger partial charge in [-0.2, -0.15) is 0 Å². The van der Waals surface area contributed by atoms with Gasteiger partial charge in [0, 0.05) is 26.2 Å². The second-order valence-corrected chi connectivity index (χ2v) is 5.86. The van der Waals surface area contributed by atoms with Crippen molar-refractivity contribution in [1.29, 1.82) is 0 Å². The molecule has 0 aromatic heterocycles. The quantitative estimate of drug-likeness (QED) is 0.685. The van der Waals surface area contributed by atoms with Gasteiger partial charge in [0.05, 0.1) is 0 Å². The van der Waals surface area contributed by atoms with Gasteiger partial charge in [-0.05, 0) is 44.8 Å². The van der Waals surface area contributed by atoms with Crippen molar-refractivity contribution in [3.8, 4) is 0 Å². The Hall–Kier alpha value is -0.120. The van der Waals surface area contributed by atoms with E-state index in [2.05, 4.69) is 23.6 Å². The number of rotatable bonds is 9. The molecule has 1 aliphatic heterocycles. The summed E-state index contributed by atoms with van der Waals surface area (Å²) in [5.74, 6) is 0.917. The van der Waals surface area contributed by atoms with Crippen LogP contribution in [0.4, 0.5) is 0 Å². The highest BCUT2D eigenvalue weighted by atomic mass is 15.3. The number of nitrogens with two attached hydrogens (primary N) is 1. The molecule has 2 N–H and O–H groups in total. The molecule has 0 spiro atoms. The highest BCUT2D eigenvalue weighted by molar-refractivity contribution is 4.72. The van der Waals surface area contributed by atoms with Gasteiger partial charge in [-0.25, -0.2) is 0 Å². The predicted octanol–water partition coefficient (Wildman–Crippen LogP) is 2.17. The lowest BCUT2D eigenvalue weighted by molar-refractivity contribution is 0.129. The monoisotopic (exact) mass is 255 g/mol. The maximum Gasteiger partial charge on any atom is 0.0110 e. The summed E-state index contributed by atoms with van der Waals surface area (Å²) in [7, 11) is 0. The van der Waals surface area contributed by atoms with Crippen molar-refractivity contribution in [3.63, 3.8) is 0 Å². The Morgan fingerprint density at radius 2 is 1.50 bits per heavy atom. The van der Waals surface area contributed by atoms with Gasteiger partial charge in [-0.3, -0.25) is 0 Å². The summed E-state index contributed by atoms with van der Waals surface area (Å²) in [6.45, 7) is 13.0. The number of piperazine rings is 1. The largest absolute Gasteiger partial charge is 0.330 e. The fourth-order valence-electron chi connectivity index (χ4n) is 2.85. The summed E-state index contributed by atoms with van der Waals surface area (Å²) in [6.07, 6.45) is 6.66. The van der Waals surface area contributed by atoms with Crippen molar-refractivity contribution in [2.24, 2.45) is 11.7 Å². The Kier molecular flexibility index (Phi) is 8.64.